The van der Waals surface area contributed by atoms with Crippen molar-refractivity contribution >= 4 is 86.2 Å². The molecule has 0 atom stereocenters. The molecule has 0 N–H and O–H groups in total. The van der Waals surface area contributed by atoms with E-state index in [-0.39, 0.29) is 0 Å². The molecule has 11 rings (SSSR count). The highest BCUT2D eigenvalue weighted by Crippen LogP contribution is 2.44. The Hall–Kier alpha value is -6.50. The third kappa shape index (κ3) is 3.88. The fourth-order valence-electron chi connectivity index (χ4n) is 8.75. The van der Waals surface area contributed by atoms with Crippen LogP contribution in [0.1, 0.15) is 0 Å². The van der Waals surface area contributed by atoms with Gasteiger partial charge < -0.3 is 0 Å². The van der Waals surface area contributed by atoms with E-state index in [1.165, 1.54) is 108 Å². The topological polar surface area (TPSA) is 0 Å². The van der Waals surface area contributed by atoms with Gasteiger partial charge in [-0.3, -0.25) is 0 Å². The van der Waals surface area contributed by atoms with Crippen molar-refractivity contribution in [1.82, 2.24) is 0 Å². The van der Waals surface area contributed by atoms with Gasteiger partial charge in [-0.15, -0.1) is 0 Å². The average molecular weight is 631 g/mol. The predicted octanol–water partition coefficient (Wildman–Crippen LogP) is 14.2. The zero-order valence-corrected chi connectivity index (χ0v) is 27.3. The first-order chi connectivity index (χ1) is 24.8. The van der Waals surface area contributed by atoms with E-state index < -0.39 is 0 Å². The molecule has 0 unspecified atom stereocenters. The maximum absolute atomic E-state index is 2.43. The molecule has 0 saturated carbocycles. The fourth-order valence-corrected chi connectivity index (χ4v) is 8.75. The molecule has 0 saturated heterocycles. The molecule has 0 radical (unpaired) electrons. The summed E-state index contributed by atoms with van der Waals surface area (Å²) in [5.41, 5.74) is 4.95. The molecule has 0 amide bonds. The van der Waals surface area contributed by atoms with Gasteiger partial charge in [-0.1, -0.05) is 170 Å². The van der Waals surface area contributed by atoms with E-state index in [0.29, 0.717) is 0 Å². The molecule has 0 fully saturated rings. The van der Waals surface area contributed by atoms with Crippen molar-refractivity contribution in [3.05, 3.63) is 182 Å². The Morgan fingerprint density at radius 1 is 0.200 bits per heavy atom. The zero-order valence-electron chi connectivity index (χ0n) is 27.3. The second-order valence-corrected chi connectivity index (χ2v) is 13.6. The fraction of sp³-hybridized carbons (Fsp3) is 0. The highest BCUT2D eigenvalue weighted by molar-refractivity contribution is 6.33. The SMILES string of the molecule is c1ccc2c(c1)ccc1c3ccccc3c3cc(-c4ccc(-c5cc6c7ccccc7c7ccccc7c6c6ccccc56)cc4)ccc3c21. The number of hydrogen-bond acceptors (Lipinski definition) is 0. The van der Waals surface area contributed by atoms with E-state index in [1.807, 2.05) is 0 Å². The van der Waals surface area contributed by atoms with Crippen molar-refractivity contribution in [3.63, 3.8) is 0 Å². The summed E-state index contributed by atoms with van der Waals surface area (Å²) < 4.78 is 0. The quantitative estimate of drug-likeness (QED) is 0.167. The van der Waals surface area contributed by atoms with Gasteiger partial charge in [-0.25, -0.2) is 0 Å². The molecule has 0 aliphatic heterocycles. The first-order valence-electron chi connectivity index (χ1n) is 17.4. The Labute approximate surface area is 289 Å². The summed E-state index contributed by atoms with van der Waals surface area (Å²) in [6.45, 7) is 0. The van der Waals surface area contributed by atoms with Crippen molar-refractivity contribution in [2.45, 2.75) is 0 Å². The average Bonchev–Trinajstić information content (AvgIpc) is 3.20. The Morgan fingerprint density at radius 3 is 1.28 bits per heavy atom. The van der Waals surface area contributed by atoms with Gasteiger partial charge in [-0.2, -0.15) is 0 Å². The van der Waals surface area contributed by atoms with E-state index in [2.05, 4.69) is 182 Å². The highest BCUT2D eigenvalue weighted by Gasteiger charge is 2.16. The van der Waals surface area contributed by atoms with Gasteiger partial charge in [0.15, 0.2) is 0 Å². The lowest BCUT2D eigenvalue weighted by Gasteiger charge is -2.16. The summed E-state index contributed by atoms with van der Waals surface area (Å²) in [4.78, 5) is 0. The molecule has 0 spiro atoms. The zero-order chi connectivity index (χ0) is 32.8. The number of benzene rings is 11. The maximum atomic E-state index is 2.43. The van der Waals surface area contributed by atoms with Crippen molar-refractivity contribution < 1.29 is 0 Å². The minimum atomic E-state index is 1.22. The Balaban J connectivity index is 1.12. The van der Waals surface area contributed by atoms with Crippen LogP contribution in [0.25, 0.3) is 108 Å². The van der Waals surface area contributed by atoms with Crippen LogP contribution in [0.4, 0.5) is 0 Å². The lowest BCUT2D eigenvalue weighted by molar-refractivity contribution is 1.63. The minimum absolute atomic E-state index is 1.22. The smallest absolute Gasteiger partial charge is 0.00199 e. The molecule has 230 valence electrons. The normalized spacial score (nSPS) is 12.0. The van der Waals surface area contributed by atoms with Crippen molar-refractivity contribution in [1.29, 1.82) is 0 Å². The molecule has 0 heteroatoms. The number of rotatable bonds is 2. The molecule has 0 aliphatic rings. The van der Waals surface area contributed by atoms with Gasteiger partial charge in [0, 0.05) is 0 Å². The lowest BCUT2D eigenvalue weighted by atomic mass is 9.87. The Kier molecular flexibility index (Phi) is 5.76. The van der Waals surface area contributed by atoms with Gasteiger partial charge in [0.1, 0.15) is 0 Å². The van der Waals surface area contributed by atoms with Crippen LogP contribution >= 0.6 is 0 Å². The molecule has 11 aromatic rings. The van der Waals surface area contributed by atoms with Crippen LogP contribution in [0.2, 0.25) is 0 Å². The van der Waals surface area contributed by atoms with Gasteiger partial charge in [0.05, 0.1) is 0 Å². The summed E-state index contributed by atoms with van der Waals surface area (Å²) in [6, 6.07) is 67.5. The van der Waals surface area contributed by atoms with Gasteiger partial charge in [0.25, 0.3) is 0 Å². The Morgan fingerprint density at radius 2 is 0.600 bits per heavy atom. The summed E-state index contributed by atoms with van der Waals surface area (Å²) in [5.74, 6) is 0. The van der Waals surface area contributed by atoms with Crippen LogP contribution in [-0.4, -0.2) is 0 Å². The van der Waals surface area contributed by atoms with Gasteiger partial charge >= 0.3 is 0 Å². The first-order valence-corrected chi connectivity index (χ1v) is 17.4. The van der Waals surface area contributed by atoms with E-state index in [0.717, 1.165) is 0 Å². The van der Waals surface area contributed by atoms with Crippen LogP contribution in [0.5, 0.6) is 0 Å². The van der Waals surface area contributed by atoms with Crippen LogP contribution < -0.4 is 0 Å². The third-order valence-electron chi connectivity index (χ3n) is 11.0. The van der Waals surface area contributed by atoms with Crippen molar-refractivity contribution in [3.8, 4) is 22.3 Å². The van der Waals surface area contributed by atoms with Crippen LogP contribution in [0, 0.1) is 0 Å². The largest absolute Gasteiger partial charge is 0.0616 e. The van der Waals surface area contributed by atoms with Crippen LogP contribution in [-0.2, 0) is 0 Å². The number of hydrogen-bond donors (Lipinski definition) is 0. The van der Waals surface area contributed by atoms with E-state index in [9.17, 15) is 0 Å². The monoisotopic (exact) mass is 630 g/mol. The molecule has 0 heterocycles. The molecule has 0 aliphatic carbocycles. The molecule has 0 bridgehead atoms. The van der Waals surface area contributed by atoms with Gasteiger partial charge in [0.2, 0.25) is 0 Å². The Bertz CT molecular complexity index is 3180. The predicted molar refractivity (Wildman–Crippen MR) is 217 cm³/mol. The molecule has 50 heavy (non-hydrogen) atoms. The lowest BCUT2D eigenvalue weighted by Crippen LogP contribution is -1.89. The van der Waals surface area contributed by atoms with E-state index >= 15 is 0 Å². The van der Waals surface area contributed by atoms with E-state index in [1.54, 1.807) is 0 Å². The summed E-state index contributed by atoms with van der Waals surface area (Å²) in [5, 5.41) is 20.9. The summed E-state index contributed by atoms with van der Waals surface area (Å²) in [6.07, 6.45) is 0. The van der Waals surface area contributed by atoms with Crippen molar-refractivity contribution in [2.75, 3.05) is 0 Å². The number of fused-ring (bicyclic) bond motifs is 16. The van der Waals surface area contributed by atoms with E-state index in [4.69, 9.17) is 0 Å². The van der Waals surface area contributed by atoms with Crippen LogP contribution in [0.15, 0.2) is 182 Å². The molecular formula is C50H30. The highest BCUT2D eigenvalue weighted by atomic mass is 14.2. The standard InChI is InChI=1S/C50H30/c1-2-12-35-32(11-1)25-27-44-38-15-4-5-16-39(38)47-29-34(26-28-45(47)49(35)44)31-21-23-33(24-22-31)46-30-48-40-17-6-3-13-36(40)37-14-7-9-19-42(37)50(48)43-20-10-8-18-41(43)46/h1-30H. The molecule has 0 aromatic heterocycles. The summed E-state index contributed by atoms with van der Waals surface area (Å²) >= 11 is 0. The second kappa shape index (κ2) is 10.5. The summed E-state index contributed by atoms with van der Waals surface area (Å²) in [7, 11) is 0. The van der Waals surface area contributed by atoms with Crippen molar-refractivity contribution in [2.24, 2.45) is 0 Å². The molecule has 11 aromatic carbocycles. The molecule has 0 nitrogen and oxygen atoms in total. The minimum Gasteiger partial charge on any atom is -0.0616 e. The maximum Gasteiger partial charge on any atom is -0.00199 e. The second-order valence-electron chi connectivity index (χ2n) is 13.6. The van der Waals surface area contributed by atoms with Gasteiger partial charge in [-0.05, 0) is 121 Å². The third-order valence-corrected chi connectivity index (χ3v) is 11.0. The molecular weight excluding hydrogens is 601 g/mol. The van der Waals surface area contributed by atoms with Crippen LogP contribution in [0.3, 0.4) is 0 Å². The first kappa shape index (κ1) is 27.5.